The maximum absolute atomic E-state index is 13.8. The third-order valence-corrected chi connectivity index (χ3v) is 5.58. The van der Waals surface area contributed by atoms with Crippen LogP contribution < -0.4 is 10.9 Å². The minimum absolute atomic E-state index is 0.0968. The summed E-state index contributed by atoms with van der Waals surface area (Å²) in [6.07, 6.45) is 0. The van der Waals surface area contributed by atoms with Crippen molar-refractivity contribution in [1.29, 1.82) is 0 Å². The molecule has 26 heavy (non-hydrogen) atoms. The van der Waals surface area contributed by atoms with E-state index in [-0.39, 0.29) is 11.2 Å². The van der Waals surface area contributed by atoms with E-state index in [2.05, 4.69) is 5.32 Å². The monoisotopic (exact) mass is 386 g/mol. The van der Waals surface area contributed by atoms with Gasteiger partial charge < -0.3 is 9.88 Å². The number of nitrogens with zero attached hydrogens (tertiary/aromatic N) is 1. The number of carbonyl (C=O) groups is 1. The summed E-state index contributed by atoms with van der Waals surface area (Å²) in [6.45, 7) is 0. The van der Waals surface area contributed by atoms with Crippen LogP contribution in [-0.4, -0.2) is 10.5 Å². The third-order valence-electron chi connectivity index (χ3n) is 4.18. The van der Waals surface area contributed by atoms with Crippen LogP contribution in [0.2, 0.25) is 5.02 Å². The molecule has 0 bridgehead atoms. The average molecular weight is 387 g/mol. The Kier molecular flexibility index (Phi) is 4.01. The SMILES string of the molecule is Cn1c(=O)c2cc(C(=O)Nc3ccccc3F)sc2c2ccc(Cl)cc21. The number of rotatable bonds is 2. The molecule has 4 nitrogen and oxygen atoms in total. The van der Waals surface area contributed by atoms with E-state index in [1.165, 1.54) is 28.0 Å². The predicted octanol–water partition coefficient (Wildman–Crippen LogP) is 4.80. The number of amides is 1. The second-order valence-electron chi connectivity index (χ2n) is 5.81. The normalized spacial score (nSPS) is 11.2. The van der Waals surface area contributed by atoms with Crippen molar-refractivity contribution in [1.82, 2.24) is 4.57 Å². The lowest BCUT2D eigenvalue weighted by molar-refractivity contribution is 0.103. The van der Waals surface area contributed by atoms with Crippen LogP contribution in [0.4, 0.5) is 10.1 Å². The van der Waals surface area contributed by atoms with Gasteiger partial charge in [-0.05, 0) is 36.4 Å². The maximum atomic E-state index is 13.8. The molecular weight excluding hydrogens is 375 g/mol. The molecule has 2 aromatic heterocycles. The molecule has 130 valence electrons. The minimum atomic E-state index is -0.516. The number of aromatic nitrogens is 1. The van der Waals surface area contributed by atoms with Crippen LogP contribution in [0.25, 0.3) is 21.0 Å². The minimum Gasteiger partial charge on any atom is -0.319 e. The highest BCUT2D eigenvalue weighted by Gasteiger charge is 2.17. The van der Waals surface area contributed by atoms with Gasteiger partial charge in [-0.3, -0.25) is 9.59 Å². The van der Waals surface area contributed by atoms with Crippen molar-refractivity contribution >= 4 is 55.5 Å². The van der Waals surface area contributed by atoms with Crippen LogP contribution in [0, 0.1) is 5.82 Å². The number of carbonyl (C=O) groups excluding carboxylic acids is 1. The van der Waals surface area contributed by atoms with Gasteiger partial charge in [0.15, 0.2) is 0 Å². The van der Waals surface area contributed by atoms with Gasteiger partial charge in [-0.15, -0.1) is 11.3 Å². The van der Waals surface area contributed by atoms with Crippen LogP contribution in [0.5, 0.6) is 0 Å². The number of hydrogen-bond donors (Lipinski definition) is 1. The van der Waals surface area contributed by atoms with Gasteiger partial charge in [0.1, 0.15) is 5.82 Å². The molecule has 4 aromatic rings. The molecule has 7 heteroatoms. The second-order valence-corrected chi connectivity index (χ2v) is 7.30. The lowest BCUT2D eigenvalue weighted by atomic mass is 10.1. The Hall–Kier alpha value is -2.70. The molecule has 0 aliphatic rings. The van der Waals surface area contributed by atoms with Gasteiger partial charge in [0.05, 0.1) is 21.5 Å². The average Bonchev–Trinajstić information content (AvgIpc) is 3.07. The van der Waals surface area contributed by atoms with Gasteiger partial charge in [0, 0.05) is 22.2 Å². The summed E-state index contributed by atoms with van der Waals surface area (Å²) in [5.74, 6) is -0.974. The highest BCUT2D eigenvalue weighted by molar-refractivity contribution is 7.21. The van der Waals surface area contributed by atoms with Gasteiger partial charge in [-0.1, -0.05) is 23.7 Å². The molecule has 0 aliphatic heterocycles. The van der Waals surface area contributed by atoms with Gasteiger partial charge in [0.25, 0.3) is 11.5 Å². The number of para-hydroxylation sites is 1. The van der Waals surface area contributed by atoms with Gasteiger partial charge in [-0.2, -0.15) is 0 Å². The highest BCUT2D eigenvalue weighted by atomic mass is 35.5. The number of aryl methyl sites for hydroxylation is 1. The first-order valence-corrected chi connectivity index (χ1v) is 8.93. The van der Waals surface area contributed by atoms with Crippen molar-refractivity contribution in [2.24, 2.45) is 7.05 Å². The Labute approximate surface area is 156 Å². The number of benzene rings is 2. The van der Waals surface area contributed by atoms with Crippen LogP contribution in [0.15, 0.2) is 53.3 Å². The Morgan fingerprint density at radius 1 is 1.15 bits per heavy atom. The molecular formula is C19H12ClFN2O2S. The first-order valence-electron chi connectivity index (χ1n) is 7.73. The Morgan fingerprint density at radius 2 is 1.92 bits per heavy atom. The Balaban J connectivity index is 1.87. The van der Waals surface area contributed by atoms with Crippen molar-refractivity contribution in [2.75, 3.05) is 5.32 Å². The van der Waals surface area contributed by atoms with Crippen LogP contribution in [0.1, 0.15) is 9.67 Å². The molecule has 0 saturated heterocycles. The summed E-state index contributed by atoms with van der Waals surface area (Å²) in [7, 11) is 1.66. The lowest BCUT2D eigenvalue weighted by Crippen LogP contribution is -2.16. The highest BCUT2D eigenvalue weighted by Crippen LogP contribution is 2.32. The molecule has 0 saturated carbocycles. The quantitative estimate of drug-likeness (QED) is 0.538. The zero-order chi connectivity index (χ0) is 18.4. The Bertz CT molecular complexity index is 1250. The van der Waals surface area contributed by atoms with E-state index < -0.39 is 11.7 Å². The standard InChI is InChI=1S/C19H12ClFN2O2S/c1-23-15-8-10(20)6-7-11(15)17-12(19(23)25)9-16(26-17)18(24)22-14-5-3-2-4-13(14)21/h2-9H,1H3,(H,22,24). The number of nitrogens with one attached hydrogen (secondary N) is 1. The van der Waals surface area contributed by atoms with E-state index >= 15 is 0 Å². The largest absolute Gasteiger partial charge is 0.319 e. The van der Waals surface area contributed by atoms with Crippen LogP contribution in [-0.2, 0) is 7.05 Å². The van der Waals surface area contributed by atoms with Crippen LogP contribution >= 0.6 is 22.9 Å². The first-order chi connectivity index (χ1) is 12.5. The third kappa shape index (κ3) is 2.67. The second kappa shape index (κ2) is 6.23. The smallest absolute Gasteiger partial charge is 0.265 e. The summed E-state index contributed by atoms with van der Waals surface area (Å²) >= 11 is 7.24. The van der Waals surface area contributed by atoms with Crippen molar-refractivity contribution in [3.63, 3.8) is 0 Å². The van der Waals surface area contributed by atoms with Crippen molar-refractivity contribution in [3.8, 4) is 0 Å². The molecule has 1 N–H and O–H groups in total. The topological polar surface area (TPSA) is 51.1 Å². The number of halogens is 2. The molecule has 0 atom stereocenters. The molecule has 0 spiro atoms. The molecule has 0 fully saturated rings. The van der Waals surface area contributed by atoms with E-state index in [4.69, 9.17) is 11.6 Å². The van der Waals surface area contributed by atoms with Gasteiger partial charge >= 0.3 is 0 Å². The summed E-state index contributed by atoms with van der Waals surface area (Å²) in [6, 6.07) is 12.8. The first kappa shape index (κ1) is 16.8. The van der Waals surface area contributed by atoms with E-state index in [1.54, 1.807) is 37.4 Å². The fraction of sp³-hybridized carbons (Fsp3) is 0.0526. The lowest BCUT2D eigenvalue weighted by Gasteiger charge is -2.06. The van der Waals surface area contributed by atoms with Crippen molar-refractivity contribution in [3.05, 3.63) is 74.6 Å². The number of pyridine rings is 1. The molecule has 0 unspecified atom stereocenters. The number of thiophene rings is 1. The fourth-order valence-electron chi connectivity index (χ4n) is 2.87. The molecule has 1 amide bonds. The maximum Gasteiger partial charge on any atom is 0.265 e. The predicted molar refractivity (Wildman–Crippen MR) is 104 cm³/mol. The molecule has 4 rings (SSSR count). The Morgan fingerprint density at radius 3 is 2.69 bits per heavy atom. The number of anilines is 1. The summed E-state index contributed by atoms with van der Waals surface area (Å²) in [4.78, 5) is 25.5. The number of hydrogen-bond acceptors (Lipinski definition) is 3. The molecule has 0 aliphatic carbocycles. The van der Waals surface area contributed by atoms with E-state index in [9.17, 15) is 14.0 Å². The zero-order valence-corrected chi connectivity index (χ0v) is 15.1. The van der Waals surface area contributed by atoms with E-state index in [1.807, 2.05) is 6.07 Å². The summed E-state index contributed by atoms with van der Waals surface area (Å²) in [5.41, 5.74) is 0.577. The van der Waals surface area contributed by atoms with E-state index in [0.29, 0.717) is 25.5 Å². The van der Waals surface area contributed by atoms with Crippen molar-refractivity contribution < 1.29 is 9.18 Å². The molecule has 2 aromatic carbocycles. The summed E-state index contributed by atoms with van der Waals surface area (Å²) in [5, 5.41) is 4.36. The summed E-state index contributed by atoms with van der Waals surface area (Å²) < 4.78 is 16.0. The molecule has 0 radical (unpaired) electrons. The fourth-order valence-corrected chi connectivity index (χ4v) is 4.12. The zero-order valence-electron chi connectivity index (χ0n) is 13.5. The van der Waals surface area contributed by atoms with Crippen molar-refractivity contribution in [2.45, 2.75) is 0 Å². The van der Waals surface area contributed by atoms with E-state index in [0.717, 1.165) is 5.39 Å². The molecule has 2 heterocycles. The number of fused-ring (bicyclic) bond motifs is 3. The van der Waals surface area contributed by atoms with Gasteiger partial charge in [-0.25, -0.2) is 4.39 Å². The van der Waals surface area contributed by atoms with Crippen LogP contribution in [0.3, 0.4) is 0 Å². The van der Waals surface area contributed by atoms with Gasteiger partial charge in [0.2, 0.25) is 0 Å².